The SMILES string of the molecule is CC(C)(C)c1csc(-c2ccc(C3N=C(NC#N)Nc4nc(N)c(C#N)c(N)c43)cc2)n1. The fourth-order valence-corrected chi connectivity index (χ4v) is 4.43. The Kier molecular flexibility index (Phi) is 5.17. The number of benzene rings is 1. The Labute approximate surface area is 189 Å². The Morgan fingerprint density at radius 3 is 2.44 bits per heavy atom. The molecule has 0 fully saturated rings. The average Bonchev–Trinajstić information content (AvgIpc) is 3.25. The van der Waals surface area contributed by atoms with E-state index in [0.717, 1.165) is 21.8 Å². The minimum absolute atomic E-state index is 0.0157. The van der Waals surface area contributed by atoms with E-state index in [4.69, 9.17) is 21.7 Å². The lowest BCUT2D eigenvalue weighted by atomic mass is 9.93. The molecule has 0 bridgehead atoms. The van der Waals surface area contributed by atoms with Gasteiger partial charge in [-0.1, -0.05) is 45.0 Å². The van der Waals surface area contributed by atoms with E-state index >= 15 is 0 Å². The average molecular weight is 444 g/mol. The molecule has 1 aliphatic rings. The van der Waals surface area contributed by atoms with Gasteiger partial charge in [-0.3, -0.25) is 5.32 Å². The molecule has 2 aromatic heterocycles. The van der Waals surface area contributed by atoms with Crippen molar-refractivity contribution in [2.24, 2.45) is 4.99 Å². The maximum absolute atomic E-state index is 9.45. The summed E-state index contributed by atoms with van der Waals surface area (Å²) in [7, 11) is 0. The van der Waals surface area contributed by atoms with Crippen LogP contribution in [0.3, 0.4) is 0 Å². The first-order valence-corrected chi connectivity index (χ1v) is 10.7. The van der Waals surface area contributed by atoms with Gasteiger partial charge in [0.05, 0.1) is 11.4 Å². The minimum Gasteiger partial charge on any atom is -0.397 e. The number of thiazole rings is 1. The molecule has 160 valence electrons. The van der Waals surface area contributed by atoms with Gasteiger partial charge in [-0.2, -0.15) is 10.5 Å². The zero-order chi connectivity index (χ0) is 23.0. The number of pyridine rings is 1. The summed E-state index contributed by atoms with van der Waals surface area (Å²) in [6.45, 7) is 6.40. The number of hydrogen-bond acceptors (Lipinski definition) is 10. The molecule has 0 saturated carbocycles. The van der Waals surface area contributed by atoms with Crippen molar-refractivity contribution in [3.05, 3.63) is 52.0 Å². The highest BCUT2D eigenvalue weighted by molar-refractivity contribution is 7.13. The third-order valence-corrected chi connectivity index (χ3v) is 5.99. The third-order valence-electron chi connectivity index (χ3n) is 5.10. The van der Waals surface area contributed by atoms with Crippen molar-refractivity contribution in [1.29, 1.82) is 10.5 Å². The summed E-state index contributed by atoms with van der Waals surface area (Å²) in [4.78, 5) is 13.6. The molecule has 0 amide bonds. The van der Waals surface area contributed by atoms with Crippen LogP contribution in [0.1, 0.15) is 49.2 Å². The van der Waals surface area contributed by atoms with Crippen molar-refractivity contribution in [2.75, 3.05) is 16.8 Å². The quantitative estimate of drug-likeness (QED) is 0.345. The predicted molar refractivity (Wildman–Crippen MR) is 126 cm³/mol. The van der Waals surface area contributed by atoms with Crippen LogP contribution in [0.25, 0.3) is 10.6 Å². The molecule has 9 nitrogen and oxygen atoms in total. The van der Waals surface area contributed by atoms with Gasteiger partial charge in [0, 0.05) is 21.9 Å². The van der Waals surface area contributed by atoms with Gasteiger partial charge in [0.25, 0.3) is 0 Å². The molecule has 4 rings (SSSR count). The van der Waals surface area contributed by atoms with Crippen molar-refractivity contribution < 1.29 is 0 Å². The third kappa shape index (κ3) is 3.68. The number of aromatic nitrogens is 2. The number of rotatable bonds is 2. The van der Waals surface area contributed by atoms with Gasteiger partial charge in [-0.25, -0.2) is 15.0 Å². The van der Waals surface area contributed by atoms with Gasteiger partial charge in [0.15, 0.2) is 6.19 Å². The number of guanidine groups is 1. The van der Waals surface area contributed by atoms with Gasteiger partial charge >= 0.3 is 0 Å². The number of nitrogens with one attached hydrogen (secondary N) is 2. The Bertz CT molecular complexity index is 1300. The number of nitrogens with zero attached hydrogens (tertiary/aromatic N) is 5. The van der Waals surface area contributed by atoms with E-state index in [1.165, 1.54) is 0 Å². The lowest BCUT2D eigenvalue weighted by Crippen LogP contribution is -2.32. The summed E-state index contributed by atoms with van der Waals surface area (Å²) in [5, 5.41) is 26.9. The second kappa shape index (κ2) is 7.84. The molecule has 0 aliphatic carbocycles. The Balaban J connectivity index is 1.77. The van der Waals surface area contributed by atoms with Crippen LogP contribution < -0.4 is 22.1 Å². The normalized spacial score (nSPS) is 15.0. The van der Waals surface area contributed by atoms with Crippen LogP contribution in [0.15, 0.2) is 34.6 Å². The molecule has 1 unspecified atom stereocenters. The van der Waals surface area contributed by atoms with Gasteiger partial charge < -0.3 is 16.8 Å². The van der Waals surface area contributed by atoms with Crippen LogP contribution in [0.2, 0.25) is 0 Å². The highest BCUT2D eigenvalue weighted by Gasteiger charge is 2.29. The maximum Gasteiger partial charge on any atom is 0.211 e. The standard InChI is InChI=1S/C22H21N9S/c1-22(2,3)14-9-32-20(28-14)12-6-4-11(5-7-12)17-15-16(25)13(8-23)18(26)30-19(15)31-21(29-17)27-10-24/h4-7,9,17H,1-3H3,(H6,25,26,27,29,30,31). The summed E-state index contributed by atoms with van der Waals surface area (Å²) >= 11 is 1.60. The number of nitrogen functional groups attached to an aromatic ring is 2. The van der Waals surface area contributed by atoms with Gasteiger partial charge in [0.2, 0.25) is 5.96 Å². The highest BCUT2D eigenvalue weighted by Crippen LogP contribution is 2.41. The van der Waals surface area contributed by atoms with Crippen LogP contribution in [0.4, 0.5) is 17.3 Å². The molecule has 10 heteroatoms. The van der Waals surface area contributed by atoms with E-state index in [1.807, 2.05) is 36.5 Å². The van der Waals surface area contributed by atoms with Crippen molar-refractivity contribution in [3.8, 4) is 22.8 Å². The largest absolute Gasteiger partial charge is 0.397 e. The number of hydrogen-bond donors (Lipinski definition) is 4. The van der Waals surface area contributed by atoms with Crippen molar-refractivity contribution in [1.82, 2.24) is 15.3 Å². The Morgan fingerprint density at radius 2 is 1.84 bits per heavy atom. The van der Waals surface area contributed by atoms with Crippen molar-refractivity contribution in [2.45, 2.75) is 32.2 Å². The summed E-state index contributed by atoms with van der Waals surface area (Å²) in [6, 6.07) is 9.25. The molecule has 1 aromatic carbocycles. The monoisotopic (exact) mass is 443 g/mol. The van der Waals surface area contributed by atoms with Crippen LogP contribution in [-0.4, -0.2) is 15.9 Å². The second-order valence-electron chi connectivity index (χ2n) is 8.31. The topological polar surface area (TPSA) is 162 Å². The molecule has 3 aromatic rings. The van der Waals surface area contributed by atoms with Crippen molar-refractivity contribution >= 4 is 34.6 Å². The van der Waals surface area contributed by atoms with E-state index in [1.54, 1.807) is 11.3 Å². The van der Waals surface area contributed by atoms with Crippen LogP contribution in [0.5, 0.6) is 0 Å². The van der Waals surface area contributed by atoms with E-state index in [0.29, 0.717) is 11.4 Å². The molecule has 0 saturated heterocycles. The maximum atomic E-state index is 9.45. The number of nitrogens with two attached hydrogens (primary N) is 2. The summed E-state index contributed by atoms with van der Waals surface area (Å²) in [5.74, 6) is 0.595. The van der Waals surface area contributed by atoms with Crippen LogP contribution in [-0.2, 0) is 5.41 Å². The molecule has 0 radical (unpaired) electrons. The van der Waals surface area contributed by atoms with Crippen LogP contribution in [0, 0.1) is 22.8 Å². The Morgan fingerprint density at radius 1 is 1.12 bits per heavy atom. The first-order chi connectivity index (χ1) is 15.2. The molecule has 1 aliphatic heterocycles. The minimum atomic E-state index is -0.571. The van der Waals surface area contributed by atoms with Gasteiger partial charge in [0.1, 0.15) is 34.3 Å². The summed E-state index contributed by atoms with van der Waals surface area (Å²) in [5.41, 5.74) is 15.9. The first-order valence-electron chi connectivity index (χ1n) is 9.78. The number of fused-ring (bicyclic) bond motifs is 1. The fourth-order valence-electron chi connectivity index (χ4n) is 3.38. The predicted octanol–water partition coefficient (Wildman–Crippen LogP) is 3.48. The van der Waals surface area contributed by atoms with E-state index < -0.39 is 6.04 Å². The van der Waals surface area contributed by atoms with Crippen LogP contribution >= 0.6 is 11.3 Å². The Hall–Kier alpha value is -4.15. The molecule has 6 N–H and O–H groups in total. The first kappa shape index (κ1) is 21.1. The molecule has 3 heterocycles. The lowest BCUT2D eigenvalue weighted by Gasteiger charge is -2.26. The number of nitriles is 2. The van der Waals surface area contributed by atoms with E-state index in [2.05, 4.69) is 46.8 Å². The van der Waals surface area contributed by atoms with Gasteiger partial charge in [-0.15, -0.1) is 11.3 Å². The van der Waals surface area contributed by atoms with E-state index in [-0.39, 0.29) is 28.4 Å². The molecule has 1 atom stereocenters. The number of anilines is 3. The zero-order valence-corrected chi connectivity index (χ0v) is 18.6. The lowest BCUT2D eigenvalue weighted by molar-refractivity contribution is 0.573. The van der Waals surface area contributed by atoms with E-state index in [9.17, 15) is 5.26 Å². The van der Waals surface area contributed by atoms with Gasteiger partial charge in [-0.05, 0) is 5.56 Å². The molecular weight excluding hydrogens is 422 g/mol. The number of aliphatic imine (C=N–C) groups is 1. The second-order valence-corrected chi connectivity index (χ2v) is 9.17. The summed E-state index contributed by atoms with van der Waals surface area (Å²) < 4.78 is 0. The highest BCUT2D eigenvalue weighted by atomic mass is 32.1. The summed E-state index contributed by atoms with van der Waals surface area (Å²) in [6.07, 6.45) is 1.84. The van der Waals surface area contributed by atoms with Crippen molar-refractivity contribution in [3.63, 3.8) is 0 Å². The smallest absolute Gasteiger partial charge is 0.211 e. The zero-order valence-electron chi connectivity index (χ0n) is 17.8. The molecule has 32 heavy (non-hydrogen) atoms. The molecule has 0 spiro atoms. The fraction of sp³-hybridized carbons (Fsp3) is 0.227. The molecular formula is C22H21N9S.